The van der Waals surface area contributed by atoms with Crippen molar-refractivity contribution in [3.63, 3.8) is 0 Å². The minimum absolute atomic E-state index is 0.0637. The van der Waals surface area contributed by atoms with E-state index in [-0.39, 0.29) is 30.3 Å². The highest BCUT2D eigenvalue weighted by molar-refractivity contribution is 5.91. The van der Waals surface area contributed by atoms with Crippen molar-refractivity contribution in [1.82, 2.24) is 9.97 Å². The van der Waals surface area contributed by atoms with Crippen LogP contribution in [0.5, 0.6) is 5.75 Å². The van der Waals surface area contributed by atoms with E-state index >= 15 is 0 Å². The summed E-state index contributed by atoms with van der Waals surface area (Å²) in [5.41, 5.74) is 2.18. The molecular formula is C21H22N5O3+. The third-order valence-electron chi connectivity index (χ3n) is 4.31. The highest BCUT2D eigenvalue weighted by Gasteiger charge is 2.18. The highest BCUT2D eigenvalue weighted by Crippen LogP contribution is 2.18. The number of methoxy groups -OCH3 is 1. The predicted octanol–water partition coefficient (Wildman–Crippen LogP) is 1.52. The van der Waals surface area contributed by atoms with Crippen LogP contribution in [0.1, 0.15) is 5.82 Å². The molecule has 8 heteroatoms. The van der Waals surface area contributed by atoms with E-state index in [9.17, 15) is 15.2 Å². The fourth-order valence-corrected chi connectivity index (χ4v) is 2.94. The Morgan fingerprint density at radius 1 is 1.28 bits per heavy atom. The second-order valence-corrected chi connectivity index (χ2v) is 6.63. The van der Waals surface area contributed by atoms with Crippen LogP contribution in [0.15, 0.2) is 54.3 Å². The topological polar surface area (TPSA) is 115 Å². The fraction of sp³-hybridized carbons (Fsp3) is 0.190. The van der Waals surface area contributed by atoms with Gasteiger partial charge in [0.15, 0.2) is 18.1 Å². The van der Waals surface area contributed by atoms with E-state index < -0.39 is 0 Å². The van der Waals surface area contributed by atoms with Gasteiger partial charge in [-0.1, -0.05) is 18.2 Å². The number of quaternary nitrogens is 1. The molecular weight excluding hydrogens is 370 g/mol. The number of para-hydroxylation sites is 2. The Labute approximate surface area is 168 Å². The molecule has 0 spiro atoms. The Morgan fingerprint density at radius 3 is 2.79 bits per heavy atom. The van der Waals surface area contributed by atoms with Crippen LogP contribution in [0.3, 0.4) is 0 Å². The molecule has 0 saturated carbocycles. The molecule has 0 radical (unpaired) electrons. The van der Waals surface area contributed by atoms with Gasteiger partial charge >= 0.3 is 0 Å². The molecule has 3 rings (SSSR count). The van der Waals surface area contributed by atoms with Crippen molar-refractivity contribution >= 4 is 28.2 Å². The standard InChI is InChI=1S/C21H21N5O3/c1-26(13-20(28)23-14-6-5-7-15(10-14)29-2)12-19(27)16(11-22)21-24-17-8-3-4-9-18(17)25-21/h3-10,27H,12-13H2,1-2H3,(H,23,28)(H,24,25)/p+1/b19-16-. The van der Waals surface area contributed by atoms with E-state index in [1.807, 2.05) is 30.3 Å². The number of amides is 1. The molecule has 1 atom stereocenters. The molecule has 1 aromatic heterocycles. The van der Waals surface area contributed by atoms with Gasteiger partial charge in [-0.2, -0.15) is 5.26 Å². The lowest BCUT2D eigenvalue weighted by atomic mass is 10.2. The number of carbonyl (C=O) groups is 1. The monoisotopic (exact) mass is 392 g/mol. The first-order valence-electron chi connectivity index (χ1n) is 9.02. The highest BCUT2D eigenvalue weighted by atomic mass is 16.5. The van der Waals surface area contributed by atoms with Crippen LogP contribution in [-0.2, 0) is 4.79 Å². The zero-order valence-corrected chi connectivity index (χ0v) is 16.2. The number of allylic oxidation sites excluding steroid dienone is 1. The number of nitrogens with zero attached hydrogens (tertiary/aromatic N) is 2. The van der Waals surface area contributed by atoms with Gasteiger partial charge in [-0.3, -0.25) is 4.79 Å². The van der Waals surface area contributed by atoms with E-state index in [4.69, 9.17) is 4.74 Å². The molecule has 29 heavy (non-hydrogen) atoms. The molecule has 0 aliphatic rings. The largest absolute Gasteiger partial charge is 0.506 e. The van der Waals surface area contributed by atoms with Crippen LogP contribution < -0.4 is 15.0 Å². The van der Waals surface area contributed by atoms with Crippen LogP contribution in [0.25, 0.3) is 16.6 Å². The molecule has 0 aliphatic heterocycles. The summed E-state index contributed by atoms with van der Waals surface area (Å²) in [7, 11) is 3.32. The van der Waals surface area contributed by atoms with Gasteiger partial charge in [-0.15, -0.1) is 0 Å². The molecule has 0 fully saturated rings. The van der Waals surface area contributed by atoms with Crippen LogP contribution in [0, 0.1) is 11.3 Å². The van der Waals surface area contributed by atoms with Crippen molar-refractivity contribution in [3.8, 4) is 11.8 Å². The Bertz CT molecular complexity index is 1060. The second-order valence-electron chi connectivity index (χ2n) is 6.63. The molecule has 0 bridgehead atoms. The lowest BCUT2D eigenvalue weighted by Gasteiger charge is -2.14. The minimum atomic E-state index is -0.217. The lowest BCUT2D eigenvalue weighted by molar-refractivity contribution is -0.867. The zero-order chi connectivity index (χ0) is 20.8. The first-order chi connectivity index (χ1) is 14.0. The molecule has 2 aromatic carbocycles. The summed E-state index contributed by atoms with van der Waals surface area (Å²) in [6.07, 6.45) is 0. The molecule has 148 valence electrons. The number of hydrogen-bond donors (Lipinski definition) is 4. The third-order valence-corrected chi connectivity index (χ3v) is 4.31. The number of aromatic amines is 1. The number of hydrogen-bond acceptors (Lipinski definition) is 5. The summed E-state index contributed by atoms with van der Waals surface area (Å²) >= 11 is 0. The molecule has 3 aromatic rings. The average molecular weight is 392 g/mol. The number of aromatic nitrogens is 2. The number of aliphatic hydroxyl groups excluding tert-OH is 1. The molecule has 8 nitrogen and oxygen atoms in total. The summed E-state index contributed by atoms with van der Waals surface area (Å²) in [6, 6.07) is 16.4. The van der Waals surface area contributed by atoms with Crippen molar-refractivity contribution < 1.29 is 19.5 Å². The number of H-pyrrole nitrogens is 1. The maximum Gasteiger partial charge on any atom is 0.279 e. The van der Waals surface area contributed by atoms with E-state index in [1.54, 1.807) is 38.4 Å². The number of ether oxygens (including phenoxy) is 1. The summed E-state index contributed by atoms with van der Waals surface area (Å²) in [5, 5.41) is 22.7. The first kappa shape index (κ1) is 19.9. The zero-order valence-electron chi connectivity index (χ0n) is 16.2. The second kappa shape index (κ2) is 8.91. The van der Waals surface area contributed by atoms with E-state index in [0.717, 1.165) is 5.52 Å². The Kier molecular flexibility index (Phi) is 6.12. The van der Waals surface area contributed by atoms with Gasteiger partial charge in [0.1, 0.15) is 23.9 Å². The smallest absolute Gasteiger partial charge is 0.279 e. The van der Waals surface area contributed by atoms with Crippen LogP contribution in [0.2, 0.25) is 0 Å². The van der Waals surface area contributed by atoms with Crippen molar-refractivity contribution in [3.05, 3.63) is 60.1 Å². The average Bonchev–Trinajstić information content (AvgIpc) is 3.11. The molecule has 0 saturated heterocycles. The Morgan fingerprint density at radius 2 is 2.07 bits per heavy atom. The number of imidazole rings is 1. The van der Waals surface area contributed by atoms with E-state index in [1.165, 1.54) is 0 Å². The number of nitrogens with one attached hydrogen (secondary N) is 3. The fourth-order valence-electron chi connectivity index (χ4n) is 2.94. The molecule has 4 N–H and O–H groups in total. The number of anilines is 1. The number of nitriles is 1. The maximum atomic E-state index is 12.3. The first-order valence-corrected chi connectivity index (χ1v) is 9.02. The predicted molar refractivity (Wildman–Crippen MR) is 109 cm³/mol. The number of benzene rings is 2. The molecule has 1 heterocycles. The Balaban J connectivity index is 1.66. The number of carbonyl (C=O) groups excluding carboxylic acids is 1. The third kappa shape index (κ3) is 4.91. The van der Waals surface area contributed by atoms with Gasteiger partial charge in [-0.25, -0.2) is 4.98 Å². The van der Waals surface area contributed by atoms with Gasteiger partial charge in [-0.05, 0) is 24.3 Å². The van der Waals surface area contributed by atoms with Crippen molar-refractivity contribution in [2.75, 3.05) is 32.6 Å². The van der Waals surface area contributed by atoms with E-state index in [0.29, 0.717) is 27.7 Å². The van der Waals surface area contributed by atoms with Gasteiger partial charge in [0.2, 0.25) is 0 Å². The maximum absolute atomic E-state index is 12.3. The van der Waals surface area contributed by atoms with Crippen LogP contribution in [-0.4, -0.2) is 48.2 Å². The van der Waals surface area contributed by atoms with E-state index in [2.05, 4.69) is 15.3 Å². The number of fused-ring (bicyclic) bond motifs is 1. The van der Waals surface area contributed by atoms with Crippen molar-refractivity contribution in [2.45, 2.75) is 0 Å². The minimum Gasteiger partial charge on any atom is -0.506 e. The quantitative estimate of drug-likeness (QED) is 0.359. The van der Waals surface area contributed by atoms with Crippen LogP contribution in [0.4, 0.5) is 5.69 Å². The molecule has 1 unspecified atom stereocenters. The number of likely N-dealkylation sites (N-methyl/N-ethyl adjacent to an activating group) is 1. The van der Waals surface area contributed by atoms with Crippen molar-refractivity contribution in [1.29, 1.82) is 5.26 Å². The number of rotatable bonds is 7. The van der Waals surface area contributed by atoms with Gasteiger partial charge in [0.25, 0.3) is 5.91 Å². The summed E-state index contributed by atoms with van der Waals surface area (Å²) in [5.74, 6) is 0.609. The van der Waals surface area contributed by atoms with Crippen molar-refractivity contribution in [2.24, 2.45) is 0 Å². The normalized spacial score (nSPS) is 12.7. The Hall–Kier alpha value is -3.83. The van der Waals surface area contributed by atoms with Crippen LogP contribution >= 0.6 is 0 Å². The van der Waals surface area contributed by atoms with Gasteiger partial charge in [0, 0.05) is 11.8 Å². The molecule has 1 amide bonds. The summed E-state index contributed by atoms with van der Waals surface area (Å²) in [4.78, 5) is 20.4. The van der Waals surface area contributed by atoms with Gasteiger partial charge < -0.3 is 25.0 Å². The lowest BCUT2D eigenvalue weighted by Crippen LogP contribution is -3.10. The SMILES string of the molecule is COc1cccc(NC(=O)C[NH+](C)C/C(O)=C(\C#N)c2nc3ccccc3[nH]2)c1. The summed E-state index contributed by atoms with van der Waals surface area (Å²) in [6.45, 7) is 0.214. The van der Waals surface area contributed by atoms with Gasteiger partial charge in [0.05, 0.1) is 25.2 Å². The summed E-state index contributed by atoms with van der Waals surface area (Å²) < 4.78 is 5.14. The molecule has 0 aliphatic carbocycles. The number of aliphatic hydroxyl groups is 1.